The molecule has 0 aliphatic carbocycles. The van der Waals surface area contributed by atoms with Crippen molar-refractivity contribution in [3.05, 3.63) is 65.8 Å². The molecule has 8 heteroatoms. The summed E-state index contributed by atoms with van der Waals surface area (Å²) < 4.78 is 5.24. The Kier molecular flexibility index (Phi) is 6.12. The molecule has 0 saturated carbocycles. The van der Waals surface area contributed by atoms with Crippen LogP contribution in [0, 0.1) is 0 Å². The van der Waals surface area contributed by atoms with Crippen LogP contribution in [0.5, 0.6) is 0 Å². The lowest BCUT2D eigenvalue weighted by atomic mass is 10.1. The van der Waals surface area contributed by atoms with E-state index in [1.54, 1.807) is 24.5 Å². The van der Waals surface area contributed by atoms with Crippen molar-refractivity contribution in [1.29, 1.82) is 0 Å². The lowest BCUT2D eigenvalue weighted by molar-refractivity contribution is -0.128. The summed E-state index contributed by atoms with van der Waals surface area (Å²) in [6, 6.07) is 11.5. The quantitative estimate of drug-likeness (QED) is 0.618. The average Bonchev–Trinajstić information content (AvgIpc) is 3.41. The average molecular weight is 405 g/mol. The van der Waals surface area contributed by atoms with Crippen LogP contribution in [0.15, 0.2) is 53.3 Å². The second kappa shape index (κ2) is 9.30. The Morgan fingerprint density at radius 1 is 1.13 bits per heavy atom. The Balaban J connectivity index is 1.28. The minimum atomic E-state index is -0.0919. The normalized spacial score (nSPS) is 13.6. The van der Waals surface area contributed by atoms with Gasteiger partial charge in [-0.15, -0.1) is 0 Å². The lowest BCUT2D eigenvalue weighted by Gasteiger charge is -2.18. The molecule has 1 N–H and O–H groups in total. The second-order valence-electron chi connectivity index (χ2n) is 7.21. The number of carbonyl (C=O) groups is 2. The molecule has 0 atom stereocenters. The van der Waals surface area contributed by atoms with Gasteiger partial charge in [-0.3, -0.25) is 14.6 Å². The Labute approximate surface area is 174 Å². The van der Waals surface area contributed by atoms with Gasteiger partial charge in [0.15, 0.2) is 0 Å². The predicted octanol–water partition coefficient (Wildman–Crippen LogP) is 2.50. The number of aromatic nitrogens is 3. The van der Waals surface area contributed by atoms with Crippen LogP contribution in [0.25, 0.3) is 11.4 Å². The highest BCUT2D eigenvalue weighted by atomic mass is 16.5. The highest BCUT2D eigenvalue weighted by Gasteiger charge is 2.21. The van der Waals surface area contributed by atoms with Gasteiger partial charge in [0.2, 0.25) is 23.5 Å². The smallest absolute Gasteiger partial charge is 0.227 e. The molecule has 0 bridgehead atoms. The first-order valence-corrected chi connectivity index (χ1v) is 10.0. The number of nitrogens with zero attached hydrogens (tertiary/aromatic N) is 4. The van der Waals surface area contributed by atoms with Crippen LogP contribution in [0.1, 0.15) is 36.3 Å². The predicted molar refractivity (Wildman–Crippen MR) is 109 cm³/mol. The Morgan fingerprint density at radius 2 is 1.93 bits per heavy atom. The summed E-state index contributed by atoms with van der Waals surface area (Å²) >= 11 is 0. The second-order valence-corrected chi connectivity index (χ2v) is 7.21. The zero-order valence-electron chi connectivity index (χ0n) is 16.6. The topological polar surface area (TPSA) is 101 Å². The first-order valence-electron chi connectivity index (χ1n) is 10.0. The van der Waals surface area contributed by atoms with E-state index in [9.17, 15) is 9.59 Å². The number of aryl methyl sites for hydroxylation is 1. The number of benzene rings is 1. The number of amides is 2. The van der Waals surface area contributed by atoms with Crippen LogP contribution < -0.4 is 5.32 Å². The third-order valence-electron chi connectivity index (χ3n) is 5.10. The van der Waals surface area contributed by atoms with Crippen LogP contribution in [0.4, 0.5) is 0 Å². The highest BCUT2D eigenvalue weighted by Crippen LogP contribution is 2.17. The van der Waals surface area contributed by atoms with E-state index in [0.717, 1.165) is 29.7 Å². The van der Waals surface area contributed by atoms with Gasteiger partial charge in [0, 0.05) is 56.9 Å². The van der Waals surface area contributed by atoms with Gasteiger partial charge >= 0.3 is 0 Å². The van der Waals surface area contributed by atoms with E-state index in [1.165, 1.54) is 0 Å². The molecule has 0 radical (unpaired) electrons. The van der Waals surface area contributed by atoms with Crippen molar-refractivity contribution in [2.75, 3.05) is 6.54 Å². The van der Waals surface area contributed by atoms with E-state index < -0.39 is 0 Å². The fourth-order valence-corrected chi connectivity index (χ4v) is 3.44. The molecule has 1 fully saturated rings. The van der Waals surface area contributed by atoms with Crippen LogP contribution in [0.2, 0.25) is 0 Å². The zero-order chi connectivity index (χ0) is 20.8. The number of pyridine rings is 1. The van der Waals surface area contributed by atoms with Gasteiger partial charge in [-0.2, -0.15) is 4.98 Å². The molecular formula is C22H23N5O3. The van der Waals surface area contributed by atoms with Crippen molar-refractivity contribution in [3.8, 4) is 11.4 Å². The van der Waals surface area contributed by atoms with Crippen molar-refractivity contribution < 1.29 is 14.1 Å². The van der Waals surface area contributed by atoms with Crippen molar-refractivity contribution >= 4 is 11.8 Å². The zero-order valence-corrected chi connectivity index (χ0v) is 16.6. The fraction of sp³-hybridized carbons (Fsp3) is 0.318. The van der Waals surface area contributed by atoms with Gasteiger partial charge < -0.3 is 14.7 Å². The minimum Gasteiger partial charge on any atom is -0.352 e. The summed E-state index contributed by atoms with van der Waals surface area (Å²) in [5.41, 5.74) is 2.90. The maximum Gasteiger partial charge on any atom is 0.227 e. The van der Waals surface area contributed by atoms with Crippen LogP contribution in [-0.4, -0.2) is 38.4 Å². The van der Waals surface area contributed by atoms with E-state index in [4.69, 9.17) is 4.52 Å². The van der Waals surface area contributed by atoms with Gasteiger partial charge in [0.05, 0.1) is 0 Å². The molecule has 3 heterocycles. The molecule has 0 spiro atoms. The monoisotopic (exact) mass is 405 g/mol. The number of carbonyl (C=O) groups excluding carboxylic acids is 2. The number of likely N-dealkylation sites (tertiary alicyclic amines) is 1. The van der Waals surface area contributed by atoms with E-state index in [2.05, 4.69) is 20.4 Å². The molecule has 1 aliphatic rings. The summed E-state index contributed by atoms with van der Waals surface area (Å²) in [5.74, 6) is 1.01. The van der Waals surface area contributed by atoms with Crippen LogP contribution in [-0.2, 0) is 29.1 Å². The summed E-state index contributed by atoms with van der Waals surface area (Å²) in [6.45, 7) is 1.80. The molecule has 30 heavy (non-hydrogen) atoms. The van der Waals surface area contributed by atoms with Crippen molar-refractivity contribution in [1.82, 2.24) is 25.3 Å². The minimum absolute atomic E-state index is 0.0919. The Morgan fingerprint density at radius 3 is 2.70 bits per heavy atom. The summed E-state index contributed by atoms with van der Waals surface area (Å²) in [7, 11) is 0. The van der Waals surface area contributed by atoms with E-state index in [-0.39, 0.29) is 18.2 Å². The summed E-state index contributed by atoms with van der Waals surface area (Å²) in [5, 5.41) is 6.89. The molecule has 1 aliphatic heterocycles. The fourth-order valence-electron chi connectivity index (χ4n) is 3.44. The largest absolute Gasteiger partial charge is 0.352 e. The molecule has 1 saturated heterocycles. The van der Waals surface area contributed by atoms with Crippen molar-refractivity contribution in [2.45, 2.75) is 38.8 Å². The van der Waals surface area contributed by atoms with Crippen molar-refractivity contribution in [3.63, 3.8) is 0 Å². The van der Waals surface area contributed by atoms with E-state index in [0.29, 0.717) is 37.6 Å². The SMILES string of the molecule is O=C(CCc1nc(-c2ccncc2)no1)NCc1ccccc1CN1CCCC1=O. The van der Waals surface area contributed by atoms with Crippen LogP contribution >= 0.6 is 0 Å². The molecule has 2 aromatic heterocycles. The molecule has 154 valence electrons. The Bertz CT molecular complexity index is 1020. The maximum atomic E-state index is 12.3. The highest BCUT2D eigenvalue weighted by molar-refractivity contribution is 5.78. The molecule has 4 rings (SSSR count). The molecular weight excluding hydrogens is 382 g/mol. The number of nitrogens with one attached hydrogen (secondary N) is 1. The van der Waals surface area contributed by atoms with Gasteiger partial charge in [0.25, 0.3) is 0 Å². The first-order chi connectivity index (χ1) is 14.7. The van der Waals surface area contributed by atoms with Gasteiger partial charge in [0.1, 0.15) is 0 Å². The standard InChI is InChI=1S/C22H23N5O3/c28-19(7-8-20-25-22(26-30-20)16-9-11-23-12-10-16)24-14-17-4-1-2-5-18(17)15-27-13-3-6-21(27)29/h1-2,4-5,9-12H,3,6-8,13-15H2,(H,24,28). The number of hydrogen-bond donors (Lipinski definition) is 1. The number of hydrogen-bond acceptors (Lipinski definition) is 6. The van der Waals surface area contributed by atoms with E-state index >= 15 is 0 Å². The number of rotatable bonds is 8. The Hall–Kier alpha value is -3.55. The third kappa shape index (κ3) is 4.89. The molecule has 0 unspecified atom stereocenters. The van der Waals surface area contributed by atoms with E-state index in [1.807, 2.05) is 29.2 Å². The molecule has 2 amide bonds. The third-order valence-corrected chi connectivity index (χ3v) is 5.10. The first kappa shape index (κ1) is 19.8. The van der Waals surface area contributed by atoms with Gasteiger partial charge in [-0.1, -0.05) is 29.4 Å². The van der Waals surface area contributed by atoms with Crippen molar-refractivity contribution in [2.24, 2.45) is 0 Å². The molecule has 3 aromatic rings. The molecule has 8 nitrogen and oxygen atoms in total. The summed E-state index contributed by atoms with van der Waals surface area (Å²) in [6.07, 6.45) is 5.49. The molecule has 1 aromatic carbocycles. The van der Waals surface area contributed by atoms with Gasteiger partial charge in [-0.05, 0) is 29.7 Å². The maximum absolute atomic E-state index is 12.3. The van der Waals surface area contributed by atoms with Gasteiger partial charge in [-0.25, -0.2) is 0 Å². The summed E-state index contributed by atoms with van der Waals surface area (Å²) in [4.78, 5) is 34.4. The van der Waals surface area contributed by atoms with Crippen LogP contribution in [0.3, 0.4) is 0 Å². The lowest BCUT2D eigenvalue weighted by Crippen LogP contribution is -2.27.